The second-order valence-corrected chi connectivity index (χ2v) is 6.00. The van der Waals surface area contributed by atoms with Crippen LogP contribution in [-0.4, -0.2) is 40.1 Å². The Labute approximate surface area is 123 Å². The monoisotopic (exact) mass is 286 g/mol. The molecule has 6 heteroatoms. The fourth-order valence-corrected chi connectivity index (χ4v) is 2.96. The average Bonchev–Trinajstić information content (AvgIpc) is 2.81. The van der Waals surface area contributed by atoms with Gasteiger partial charge in [-0.1, -0.05) is 0 Å². The Morgan fingerprint density at radius 2 is 2.38 bits per heavy atom. The second kappa shape index (κ2) is 4.71. The first kappa shape index (κ1) is 13.8. The number of carbonyl (C=O) groups is 1. The van der Waals surface area contributed by atoms with Crippen molar-refractivity contribution >= 4 is 11.6 Å². The zero-order valence-corrected chi connectivity index (χ0v) is 12.4. The fraction of sp³-hybridized carbons (Fsp3) is 0.533. The average molecular weight is 286 g/mol. The lowest BCUT2D eigenvalue weighted by atomic mass is 9.99. The van der Waals surface area contributed by atoms with Crippen molar-refractivity contribution in [1.82, 2.24) is 9.88 Å². The molecule has 3 rings (SSSR count). The number of amides is 1. The predicted octanol–water partition coefficient (Wildman–Crippen LogP) is 1.82. The Balaban J connectivity index is 1.95. The smallest absolute Gasteiger partial charge is 0.284 e. The quantitative estimate of drug-likeness (QED) is 0.800. The lowest BCUT2D eigenvalue weighted by Gasteiger charge is -2.33. The summed E-state index contributed by atoms with van der Waals surface area (Å²) < 4.78 is 5.95. The summed E-state index contributed by atoms with van der Waals surface area (Å²) >= 11 is 0. The normalized spacial score (nSPS) is 28.1. The lowest BCUT2D eigenvalue weighted by Crippen LogP contribution is -2.53. The summed E-state index contributed by atoms with van der Waals surface area (Å²) in [7, 11) is 0. The number of rotatable bonds is 1. The zero-order valence-electron chi connectivity index (χ0n) is 12.4. The van der Waals surface area contributed by atoms with Crippen LogP contribution in [0, 0.1) is 13.5 Å². The molecule has 1 fully saturated rings. The van der Waals surface area contributed by atoms with Crippen molar-refractivity contribution in [2.24, 2.45) is 0 Å². The van der Waals surface area contributed by atoms with Gasteiger partial charge >= 0.3 is 0 Å². The first-order valence-corrected chi connectivity index (χ1v) is 7.04. The number of pyridine rings is 1. The molecule has 0 saturated carbocycles. The van der Waals surface area contributed by atoms with Crippen LogP contribution in [0.25, 0.3) is 4.85 Å². The minimum Gasteiger partial charge on any atom is -0.458 e. The highest BCUT2D eigenvalue weighted by Crippen LogP contribution is 2.40. The third-order valence-electron chi connectivity index (χ3n) is 4.09. The maximum absolute atomic E-state index is 12.5. The van der Waals surface area contributed by atoms with Gasteiger partial charge in [0, 0.05) is 12.2 Å². The van der Waals surface area contributed by atoms with Crippen LogP contribution in [0.1, 0.15) is 25.8 Å². The van der Waals surface area contributed by atoms with Gasteiger partial charge in [-0.25, -0.2) is 16.5 Å². The predicted molar refractivity (Wildman–Crippen MR) is 77.8 cm³/mol. The highest BCUT2D eigenvalue weighted by atomic mass is 16.5. The molecule has 2 aliphatic heterocycles. The molecule has 21 heavy (non-hydrogen) atoms. The summed E-state index contributed by atoms with van der Waals surface area (Å²) in [6.07, 6.45) is 1.75. The van der Waals surface area contributed by atoms with E-state index in [0.717, 1.165) is 5.56 Å². The topological polar surface area (TPSA) is 58.8 Å². The molecule has 0 aromatic carbocycles. The van der Waals surface area contributed by atoms with E-state index in [1.807, 2.05) is 31.7 Å². The molecule has 2 atom stereocenters. The molecule has 0 radical (unpaired) electrons. The van der Waals surface area contributed by atoms with Crippen molar-refractivity contribution in [2.75, 3.05) is 11.9 Å². The first-order chi connectivity index (χ1) is 9.95. The number of nitrogens with zero attached hydrogens (tertiary/aromatic N) is 3. The van der Waals surface area contributed by atoms with Crippen molar-refractivity contribution in [3.63, 3.8) is 0 Å². The summed E-state index contributed by atoms with van der Waals surface area (Å²) in [6.45, 7) is 13.7. The van der Waals surface area contributed by atoms with Gasteiger partial charge in [0.25, 0.3) is 12.1 Å². The van der Waals surface area contributed by atoms with Crippen molar-refractivity contribution in [3.8, 4) is 5.88 Å². The SMILES string of the molecule is [C-]#[N+][C@@H]1C[C@]2(CN1C(C)C)Oc1ncc(C)cc1NC2=O. The number of likely N-dealkylation sites (tertiary alicyclic amines) is 1. The van der Waals surface area contributed by atoms with E-state index in [1.165, 1.54) is 0 Å². The molecule has 0 unspecified atom stereocenters. The fourth-order valence-electron chi connectivity index (χ4n) is 2.96. The van der Waals surface area contributed by atoms with Gasteiger partial charge in [-0.05, 0) is 32.4 Å². The van der Waals surface area contributed by atoms with E-state index in [4.69, 9.17) is 11.3 Å². The van der Waals surface area contributed by atoms with Gasteiger partial charge in [-0.3, -0.25) is 9.64 Å². The molecular weight excluding hydrogens is 268 g/mol. The number of hydrogen-bond donors (Lipinski definition) is 1. The maximum atomic E-state index is 12.5. The highest BCUT2D eigenvalue weighted by molar-refractivity contribution is 6.01. The Morgan fingerprint density at radius 3 is 3.00 bits per heavy atom. The number of anilines is 1. The first-order valence-electron chi connectivity index (χ1n) is 7.04. The molecule has 3 heterocycles. The maximum Gasteiger partial charge on any atom is 0.284 e. The minimum absolute atomic E-state index is 0.181. The van der Waals surface area contributed by atoms with Gasteiger partial charge in [-0.15, -0.1) is 0 Å². The molecule has 110 valence electrons. The Kier molecular flexibility index (Phi) is 3.10. The number of aryl methyl sites for hydroxylation is 1. The third-order valence-corrected chi connectivity index (χ3v) is 4.09. The van der Waals surface area contributed by atoms with Crippen LogP contribution in [0.5, 0.6) is 5.88 Å². The Bertz CT molecular complexity index is 637. The number of aromatic nitrogens is 1. The summed E-state index contributed by atoms with van der Waals surface area (Å²) in [4.78, 5) is 22.4. The van der Waals surface area contributed by atoms with Gasteiger partial charge in [-0.2, -0.15) is 0 Å². The summed E-state index contributed by atoms with van der Waals surface area (Å²) in [5, 5.41) is 2.88. The van der Waals surface area contributed by atoms with Crippen LogP contribution < -0.4 is 10.1 Å². The van der Waals surface area contributed by atoms with Crippen LogP contribution in [0.15, 0.2) is 12.3 Å². The largest absolute Gasteiger partial charge is 0.458 e. The standard InChI is InChI=1S/C15H18N4O2/c1-9(2)19-8-15(6-12(19)16-4)14(20)18-11-5-10(3)7-17-13(11)21-15/h5,7,9,12H,6,8H2,1-3H3,(H,18,20)/t12-,15+/m0/s1. The van der Waals surface area contributed by atoms with Gasteiger partial charge in [0.05, 0.1) is 13.0 Å². The third kappa shape index (κ3) is 2.14. The van der Waals surface area contributed by atoms with E-state index in [1.54, 1.807) is 6.20 Å². The summed E-state index contributed by atoms with van der Waals surface area (Å²) in [6, 6.07) is 2.03. The van der Waals surface area contributed by atoms with Gasteiger partial charge in [0.15, 0.2) is 0 Å². The van der Waals surface area contributed by atoms with E-state index in [2.05, 4.69) is 15.1 Å². The molecular formula is C15H18N4O2. The molecule has 1 aromatic heterocycles. The number of fused-ring (bicyclic) bond motifs is 1. The number of hydrogen-bond acceptors (Lipinski definition) is 4. The molecule has 1 spiro atoms. The van der Waals surface area contributed by atoms with Crippen LogP contribution in [0.3, 0.4) is 0 Å². The van der Waals surface area contributed by atoms with Crippen molar-refractivity contribution < 1.29 is 9.53 Å². The van der Waals surface area contributed by atoms with E-state index in [9.17, 15) is 4.79 Å². The number of nitrogens with one attached hydrogen (secondary N) is 1. The molecule has 0 aliphatic carbocycles. The molecule has 2 aliphatic rings. The van der Waals surface area contributed by atoms with Gasteiger partial charge in [0.2, 0.25) is 11.5 Å². The molecule has 1 aromatic rings. The van der Waals surface area contributed by atoms with E-state index >= 15 is 0 Å². The minimum atomic E-state index is -1.01. The van der Waals surface area contributed by atoms with Crippen LogP contribution in [0.4, 0.5) is 5.69 Å². The van der Waals surface area contributed by atoms with Gasteiger partial charge in [0.1, 0.15) is 5.69 Å². The van der Waals surface area contributed by atoms with Crippen LogP contribution >= 0.6 is 0 Å². The highest BCUT2D eigenvalue weighted by Gasteiger charge is 2.57. The Morgan fingerprint density at radius 1 is 1.62 bits per heavy atom. The van der Waals surface area contributed by atoms with E-state index in [-0.39, 0.29) is 18.1 Å². The number of carbonyl (C=O) groups excluding carboxylic acids is 1. The molecule has 1 saturated heterocycles. The summed E-state index contributed by atoms with van der Waals surface area (Å²) in [5.74, 6) is 0.258. The second-order valence-electron chi connectivity index (χ2n) is 6.00. The van der Waals surface area contributed by atoms with Gasteiger partial charge < -0.3 is 10.1 Å². The zero-order chi connectivity index (χ0) is 15.2. The number of ether oxygens (including phenoxy) is 1. The summed E-state index contributed by atoms with van der Waals surface area (Å²) in [5.41, 5.74) is 0.560. The molecule has 0 bridgehead atoms. The van der Waals surface area contributed by atoms with Crippen molar-refractivity contribution in [1.29, 1.82) is 0 Å². The van der Waals surface area contributed by atoms with Crippen LogP contribution in [-0.2, 0) is 4.79 Å². The molecule has 6 nitrogen and oxygen atoms in total. The molecule has 1 amide bonds. The Hall–Kier alpha value is -2.13. The lowest BCUT2D eigenvalue weighted by molar-refractivity contribution is -0.131. The van der Waals surface area contributed by atoms with Crippen molar-refractivity contribution in [2.45, 2.75) is 45.0 Å². The molecule has 1 N–H and O–H groups in total. The van der Waals surface area contributed by atoms with E-state index < -0.39 is 5.60 Å². The van der Waals surface area contributed by atoms with Crippen molar-refractivity contribution in [3.05, 3.63) is 29.2 Å². The van der Waals surface area contributed by atoms with Crippen LogP contribution in [0.2, 0.25) is 0 Å². The van der Waals surface area contributed by atoms with E-state index in [0.29, 0.717) is 24.5 Å².